The van der Waals surface area contributed by atoms with Gasteiger partial charge in [-0.15, -0.1) is 11.6 Å². The van der Waals surface area contributed by atoms with Gasteiger partial charge in [0.1, 0.15) is 6.61 Å². The number of halogens is 1. The molecule has 2 heterocycles. The van der Waals surface area contributed by atoms with Gasteiger partial charge in [-0.2, -0.15) is 0 Å². The molecule has 0 saturated carbocycles. The van der Waals surface area contributed by atoms with Gasteiger partial charge in [0, 0.05) is 17.5 Å². The Labute approximate surface area is 196 Å². The average molecular weight is 447 g/mol. The van der Waals surface area contributed by atoms with E-state index in [4.69, 9.17) is 21.3 Å². The van der Waals surface area contributed by atoms with E-state index in [-0.39, 0.29) is 10.9 Å². The van der Waals surface area contributed by atoms with Crippen molar-refractivity contribution in [2.24, 2.45) is 4.99 Å². The molecular weight excluding hydrogens is 416 g/mol. The number of aromatic nitrogens is 1. The number of nitrogens with zero attached hydrogens (tertiary/aromatic N) is 2. The first-order valence-electron chi connectivity index (χ1n) is 11.4. The van der Waals surface area contributed by atoms with Crippen LogP contribution in [0.25, 0.3) is 11.1 Å². The molecule has 0 N–H and O–H groups in total. The van der Waals surface area contributed by atoms with Crippen LogP contribution in [0.5, 0.6) is 0 Å². The van der Waals surface area contributed by atoms with E-state index in [1.807, 2.05) is 12.3 Å². The van der Waals surface area contributed by atoms with Crippen molar-refractivity contribution in [3.8, 4) is 11.1 Å². The smallest absolute Gasteiger partial charge is 0.217 e. The van der Waals surface area contributed by atoms with Crippen molar-refractivity contribution in [1.29, 1.82) is 0 Å². The highest BCUT2D eigenvalue weighted by molar-refractivity contribution is 6.22. The largest absolute Gasteiger partial charge is 0.475 e. The Bertz CT molecular complexity index is 1120. The molecule has 1 unspecified atom stereocenters. The number of rotatable bonds is 7. The summed E-state index contributed by atoms with van der Waals surface area (Å²) in [5, 5.41) is -0.219. The number of hydrogen-bond acceptors (Lipinski definition) is 3. The Morgan fingerprint density at radius 1 is 1.03 bits per heavy atom. The summed E-state index contributed by atoms with van der Waals surface area (Å²) in [5.41, 5.74) is 7.61. The minimum atomic E-state index is -0.219. The molecule has 0 bridgehead atoms. The van der Waals surface area contributed by atoms with Gasteiger partial charge in [-0.25, -0.2) is 4.99 Å². The number of pyridine rings is 1. The normalized spacial score (nSPS) is 15.8. The maximum atomic E-state index is 7.01. The second kappa shape index (κ2) is 9.46. The first-order valence-corrected chi connectivity index (χ1v) is 11.8. The number of alkyl halides is 1. The Morgan fingerprint density at radius 2 is 1.75 bits per heavy atom. The Balaban J connectivity index is 1.65. The van der Waals surface area contributed by atoms with Gasteiger partial charge in [0.2, 0.25) is 5.90 Å². The van der Waals surface area contributed by atoms with Crippen molar-refractivity contribution in [3.05, 3.63) is 88.7 Å². The topological polar surface area (TPSA) is 34.5 Å². The third-order valence-corrected chi connectivity index (χ3v) is 6.42. The summed E-state index contributed by atoms with van der Waals surface area (Å²) in [5.74, 6) is 0.719. The molecule has 1 aromatic heterocycles. The quantitative estimate of drug-likeness (QED) is 0.357. The van der Waals surface area contributed by atoms with Gasteiger partial charge in [-0.3, -0.25) is 4.98 Å². The Hall–Kier alpha value is -2.65. The van der Waals surface area contributed by atoms with E-state index in [9.17, 15) is 0 Å². The van der Waals surface area contributed by atoms with E-state index in [0.29, 0.717) is 6.61 Å². The maximum absolute atomic E-state index is 7.01. The van der Waals surface area contributed by atoms with Crippen molar-refractivity contribution in [1.82, 2.24) is 4.98 Å². The van der Waals surface area contributed by atoms with Crippen LogP contribution in [0.1, 0.15) is 66.9 Å². The molecule has 2 aromatic carbocycles. The lowest BCUT2D eigenvalue weighted by Gasteiger charge is -2.18. The lowest BCUT2D eigenvalue weighted by molar-refractivity contribution is 0.279. The summed E-state index contributed by atoms with van der Waals surface area (Å²) in [6.07, 6.45) is 5.11. The summed E-state index contributed by atoms with van der Waals surface area (Å²) in [7, 11) is 0. The van der Waals surface area contributed by atoms with Crippen LogP contribution < -0.4 is 0 Å². The maximum Gasteiger partial charge on any atom is 0.217 e. The van der Waals surface area contributed by atoms with Crippen molar-refractivity contribution >= 4 is 17.5 Å². The summed E-state index contributed by atoms with van der Waals surface area (Å²) in [6, 6.07) is 18.9. The zero-order valence-electron chi connectivity index (χ0n) is 19.4. The molecule has 32 heavy (non-hydrogen) atoms. The zero-order chi connectivity index (χ0) is 22.7. The van der Waals surface area contributed by atoms with Crippen LogP contribution in [0.2, 0.25) is 0 Å². The Kier molecular flexibility index (Phi) is 6.66. The van der Waals surface area contributed by atoms with Crippen LogP contribution in [0.3, 0.4) is 0 Å². The van der Waals surface area contributed by atoms with Gasteiger partial charge in [0.05, 0.1) is 10.9 Å². The van der Waals surface area contributed by atoms with Crippen LogP contribution in [0.15, 0.2) is 65.8 Å². The predicted octanol–water partition coefficient (Wildman–Crippen LogP) is 7.28. The second-order valence-electron chi connectivity index (χ2n) is 9.14. The fraction of sp³-hybridized carbons (Fsp3) is 0.357. The molecule has 0 saturated heterocycles. The molecule has 1 aliphatic rings. The van der Waals surface area contributed by atoms with E-state index in [1.54, 1.807) is 0 Å². The van der Waals surface area contributed by atoms with Gasteiger partial charge in [0.25, 0.3) is 0 Å². The highest BCUT2D eigenvalue weighted by atomic mass is 35.5. The number of benzene rings is 2. The highest BCUT2D eigenvalue weighted by Crippen LogP contribution is 2.35. The SMILES string of the molecule is CCCCc1nccc(C)c1C(Cl)c1ccc(-c2ccccc2C2=NC(C)(C)CO2)cc1. The molecule has 0 aliphatic carbocycles. The third kappa shape index (κ3) is 4.73. The minimum Gasteiger partial charge on any atom is -0.475 e. The fourth-order valence-corrected chi connectivity index (χ4v) is 4.60. The highest BCUT2D eigenvalue weighted by Gasteiger charge is 2.28. The van der Waals surface area contributed by atoms with Gasteiger partial charge in [-0.1, -0.05) is 55.8 Å². The van der Waals surface area contributed by atoms with Crippen molar-refractivity contribution in [3.63, 3.8) is 0 Å². The summed E-state index contributed by atoms with van der Waals surface area (Å²) < 4.78 is 5.92. The van der Waals surface area contributed by atoms with E-state index >= 15 is 0 Å². The third-order valence-electron chi connectivity index (χ3n) is 5.95. The lowest BCUT2D eigenvalue weighted by atomic mass is 9.94. The molecule has 0 spiro atoms. The summed E-state index contributed by atoms with van der Waals surface area (Å²) in [6.45, 7) is 9.11. The molecule has 0 radical (unpaired) electrons. The molecule has 0 fully saturated rings. The number of unbranched alkanes of at least 4 members (excludes halogenated alkanes) is 1. The first kappa shape index (κ1) is 22.5. The van der Waals surface area contributed by atoms with Crippen LogP contribution in [0, 0.1) is 6.92 Å². The molecule has 3 aromatic rings. The molecular formula is C28H31ClN2O. The zero-order valence-corrected chi connectivity index (χ0v) is 20.1. The van der Waals surface area contributed by atoms with Gasteiger partial charge in [0.15, 0.2) is 0 Å². The van der Waals surface area contributed by atoms with Crippen molar-refractivity contribution in [2.45, 2.75) is 57.9 Å². The van der Waals surface area contributed by atoms with E-state index in [1.165, 1.54) is 5.56 Å². The number of ether oxygens (including phenoxy) is 1. The predicted molar refractivity (Wildman–Crippen MR) is 134 cm³/mol. The molecule has 1 aliphatic heterocycles. The fourth-order valence-electron chi connectivity index (χ4n) is 4.16. The van der Waals surface area contributed by atoms with Gasteiger partial charge >= 0.3 is 0 Å². The van der Waals surface area contributed by atoms with Crippen LogP contribution in [-0.4, -0.2) is 23.0 Å². The summed E-state index contributed by atoms with van der Waals surface area (Å²) >= 11 is 7.01. The van der Waals surface area contributed by atoms with Gasteiger partial charge in [-0.05, 0) is 73.6 Å². The second-order valence-corrected chi connectivity index (χ2v) is 9.58. The molecule has 1 atom stereocenters. The van der Waals surface area contributed by atoms with Crippen LogP contribution in [0.4, 0.5) is 0 Å². The monoisotopic (exact) mass is 446 g/mol. The molecule has 0 amide bonds. The molecule has 4 rings (SSSR count). The van der Waals surface area contributed by atoms with Crippen molar-refractivity contribution < 1.29 is 4.74 Å². The standard InChI is InChI=1S/C28H31ClN2O/c1-5-6-11-24-25(19(2)16-17-30-24)26(29)21-14-12-20(13-15-21)22-9-7-8-10-23(22)27-31-28(3,4)18-32-27/h7-10,12-17,26H,5-6,11,18H2,1-4H3. The van der Waals surface area contributed by atoms with Crippen LogP contribution >= 0.6 is 11.6 Å². The number of hydrogen-bond donors (Lipinski definition) is 0. The van der Waals surface area contributed by atoms with Crippen molar-refractivity contribution in [2.75, 3.05) is 6.61 Å². The summed E-state index contributed by atoms with van der Waals surface area (Å²) in [4.78, 5) is 9.42. The lowest BCUT2D eigenvalue weighted by Crippen LogP contribution is -2.17. The number of aliphatic imine (C=N–C) groups is 1. The van der Waals surface area contributed by atoms with Gasteiger partial charge < -0.3 is 4.74 Å². The van der Waals surface area contributed by atoms with E-state index in [2.05, 4.69) is 81.2 Å². The number of aryl methyl sites for hydroxylation is 2. The van der Waals surface area contributed by atoms with E-state index in [0.717, 1.165) is 58.7 Å². The molecule has 4 heteroatoms. The molecule has 166 valence electrons. The van der Waals surface area contributed by atoms with E-state index < -0.39 is 0 Å². The van der Waals surface area contributed by atoms with Crippen LogP contribution in [-0.2, 0) is 11.2 Å². The average Bonchev–Trinajstić information content (AvgIpc) is 3.17. The minimum absolute atomic E-state index is 0.185. The molecule has 3 nitrogen and oxygen atoms in total. The first-order chi connectivity index (χ1) is 15.4. The Morgan fingerprint density at radius 3 is 2.41 bits per heavy atom.